The summed E-state index contributed by atoms with van der Waals surface area (Å²) in [5.41, 5.74) is 6.51. The summed E-state index contributed by atoms with van der Waals surface area (Å²) in [6.07, 6.45) is 0. The lowest BCUT2D eigenvalue weighted by atomic mass is 10.1. The van der Waals surface area contributed by atoms with E-state index in [0.717, 1.165) is 0 Å². The van der Waals surface area contributed by atoms with Gasteiger partial charge in [-0.15, -0.1) is 0 Å². The van der Waals surface area contributed by atoms with Crippen molar-refractivity contribution >= 4 is 11.6 Å². The molecule has 0 fully saturated rings. The number of ether oxygens (including phenoxy) is 1. The van der Waals surface area contributed by atoms with Crippen molar-refractivity contribution in [3.05, 3.63) is 23.8 Å². The van der Waals surface area contributed by atoms with Gasteiger partial charge in [-0.1, -0.05) is 6.07 Å². The molecule has 0 saturated carbocycles. The Balaban J connectivity index is 3.10. The van der Waals surface area contributed by atoms with Crippen molar-refractivity contribution in [2.24, 2.45) is 0 Å². The minimum absolute atomic E-state index is 0.206. The molecule has 0 saturated heterocycles. The number of anilines is 1. The van der Waals surface area contributed by atoms with E-state index in [9.17, 15) is 4.79 Å². The fourth-order valence-electron chi connectivity index (χ4n) is 1.21. The van der Waals surface area contributed by atoms with Crippen molar-refractivity contribution in [1.29, 1.82) is 0 Å². The summed E-state index contributed by atoms with van der Waals surface area (Å²) < 4.78 is 5.05. The van der Waals surface area contributed by atoms with E-state index < -0.39 is 0 Å². The molecule has 1 amide bonds. The molecule has 0 spiro atoms. The molecule has 0 aliphatic rings. The fraction of sp³-hybridized carbons (Fsp3) is 0.300. The zero-order chi connectivity index (χ0) is 10.6. The number of rotatable bonds is 3. The highest BCUT2D eigenvalue weighted by atomic mass is 16.5. The molecular weight excluding hydrogens is 180 g/mol. The Bertz CT molecular complexity index is 337. The van der Waals surface area contributed by atoms with Gasteiger partial charge in [-0.25, -0.2) is 0 Å². The Morgan fingerprint density at radius 1 is 1.57 bits per heavy atom. The minimum atomic E-state index is -0.206. The van der Waals surface area contributed by atoms with E-state index >= 15 is 0 Å². The van der Waals surface area contributed by atoms with E-state index in [4.69, 9.17) is 10.5 Å². The Morgan fingerprint density at radius 3 is 2.86 bits per heavy atom. The average Bonchev–Trinajstić information content (AvgIpc) is 2.17. The molecule has 0 atom stereocenters. The standard InChI is InChI=1S/C10H14N2O2/c1-3-12-10(13)9-7(11)5-4-6-8(9)14-2/h4-6H,3,11H2,1-2H3,(H,12,13). The second kappa shape index (κ2) is 4.50. The number of nitrogens with two attached hydrogens (primary N) is 1. The van der Waals surface area contributed by atoms with Crippen molar-refractivity contribution in [2.45, 2.75) is 6.92 Å². The highest BCUT2D eigenvalue weighted by Crippen LogP contribution is 2.23. The van der Waals surface area contributed by atoms with Crippen LogP contribution in [0.2, 0.25) is 0 Å². The van der Waals surface area contributed by atoms with Gasteiger partial charge in [0.1, 0.15) is 11.3 Å². The van der Waals surface area contributed by atoms with Crippen LogP contribution >= 0.6 is 0 Å². The summed E-state index contributed by atoms with van der Waals surface area (Å²) in [6.45, 7) is 2.42. The maximum atomic E-state index is 11.6. The molecule has 1 aromatic rings. The summed E-state index contributed by atoms with van der Waals surface area (Å²) >= 11 is 0. The Morgan fingerprint density at radius 2 is 2.29 bits per heavy atom. The number of methoxy groups -OCH3 is 1. The minimum Gasteiger partial charge on any atom is -0.496 e. The Labute approximate surface area is 83.1 Å². The topological polar surface area (TPSA) is 64.4 Å². The Hall–Kier alpha value is -1.71. The second-order valence-corrected chi connectivity index (χ2v) is 2.78. The number of hydrogen-bond donors (Lipinski definition) is 2. The predicted molar refractivity (Wildman–Crippen MR) is 55.4 cm³/mol. The largest absolute Gasteiger partial charge is 0.496 e. The molecule has 1 rings (SSSR count). The van der Waals surface area contributed by atoms with Crippen LogP contribution in [0.5, 0.6) is 5.75 Å². The van der Waals surface area contributed by atoms with Crippen LogP contribution in [0.4, 0.5) is 5.69 Å². The number of nitrogen functional groups attached to an aromatic ring is 1. The zero-order valence-corrected chi connectivity index (χ0v) is 8.33. The van der Waals surface area contributed by atoms with Gasteiger partial charge in [-0.2, -0.15) is 0 Å². The van der Waals surface area contributed by atoms with Gasteiger partial charge in [0.05, 0.1) is 7.11 Å². The van der Waals surface area contributed by atoms with Crippen LogP contribution in [-0.2, 0) is 0 Å². The third kappa shape index (κ3) is 1.96. The van der Waals surface area contributed by atoms with E-state index in [-0.39, 0.29) is 5.91 Å². The normalized spacial score (nSPS) is 9.57. The van der Waals surface area contributed by atoms with Gasteiger partial charge in [-0.05, 0) is 19.1 Å². The molecule has 76 valence electrons. The monoisotopic (exact) mass is 194 g/mol. The van der Waals surface area contributed by atoms with Crippen LogP contribution in [0.25, 0.3) is 0 Å². The maximum absolute atomic E-state index is 11.6. The number of amides is 1. The van der Waals surface area contributed by atoms with Crippen LogP contribution in [0.15, 0.2) is 18.2 Å². The highest BCUT2D eigenvalue weighted by molar-refractivity contribution is 6.01. The molecule has 0 heterocycles. The molecule has 4 nitrogen and oxygen atoms in total. The number of carbonyl (C=O) groups excluding carboxylic acids is 1. The summed E-state index contributed by atoms with van der Waals surface area (Å²) in [4.78, 5) is 11.6. The first-order chi connectivity index (χ1) is 6.70. The molecule has 14 heavy (non-hydrogen) atoms. The smallest absolute Gasteiger partial charge is 0.257 e. The van der Waals surface area contributed by atoms with Gasteiger partial charge in [0.2, 0.25) is 0 Å². The fourth-order valence-corrected chi connectivity index (χ4v) is 1.21. The molecule has 0 radical (unpaired) electrons. The highest BCUT2D eigenvalue weighted by Gasteiger charge is 2.14. The van der Waals surface area contributed by atoms with Crippen LogP contribution < -0.4 is 15.8 Å². The van der Waals surface area contributed by atoms with Gasteiger partial charge < -0.3 is 15.8 Å². The first-order valence-electron chi connectivity index (χ1n) is 4.41. The summed E-state index contributed by atoms with van der Waals surface area (Å²) in [7, 11) is 1.51. The first kappa shape index (κ1) is 10.4. The van der Waals surface area contributed by atoms with Crippen molar-refractivity contribution in [1.82, 2.24) is 5.32 Å². The lowest BCUT2D eigenvalue weighted by Crippen LogP contribution is -2.24. The molecule has 3 N–H and O–H groups in total. The molecule has 0 unspecified atom stereocenters. The average molecular weight is 194 g/mol. The lowest BCUT2D eigenvalue weighted by molar-refractivity contribution is 0.0954. The quantitative estimate of drug-likeness (QED) is 0.706. The number of carbonyl (C=O) groups is 1. The summed E-state index contributed by atoms with van der Waals surface area (Å²) in [5.74, 6) is 0.290. The van der Waals surface area contributed by atoms with Gasteiger partial charge >= 0.3 is 0 Å². The maximum Gasteiger partial charge on any atom is 0.257 e. The van der Waals surface area contributed by atoms with Gasteiger partial charge in [-0.3, -0.25) is 4.79 Å². The van der Waals surface area contributed by atoms with Crippen molar-refractivity contribution in [3.63, 3.8) is 0 Å². The molecule has 0 aliphatic carbocycles. The Kier molecular flexibility index (Phi) is 3.34. The third-order valence-electron chi connectivity index (χ3n) is 1.84. The first-order valence-corrected chi connectivity index (χ1v) is 4.41. The van der Waals surface area contributed by atoms with Gasteiger partial charge in [0.25, 0.3) is 5.91 Å². The molecule has 0 aromatic heterocycles. The van der Waals surface area contributed by atoms with E-state index in [1.807, 2.05) is 6.92 Å². The van der Waals surface area contributed by atoms with Crippen molar-refractivity contribution < 1.29 is 9.53 Å². The third-order valence-corrected chi connectivity index (χ3v) is 1.84. The van der Waals surface area contributed by atoms with E-state index in [2.05, 4.69) is 5.32 Å². The SMILES string of the molecule is CCNC(=O)c1c(N)cccc1OC. The molecule has 0 bridgehead atoms. The van der Waals surface area contributed by atoms with E-state index in [0.29, 0.717) is 23.5 Å². The number of hydrogen-bond acceptors (Lipinski definition) is 3. The predicted octanol–water partition coefficient (Wildman–Crippen LogP) is 1.03. The van der Waals surface area contributed by atoms with Crippen LogP contribution in [0.1, 0.15) is 17.3 Å². The van der Waals surface area contributed by atoms with Crippen LogP contribution in [0, 0.1) is 0 Å². The number of nitrogens with one attached hydrogen (secondary N) is 1. The van der Waals surface area contributed by atoms with Gasteiger partial charge in [0, 0.05) is 12.2 Å². The van der Waals surface area contributed by atoms with Crippen LogP contribution in [0.3, 0.4) is 0 Å². The van der Waals surface area contributed by atoms with Crippen molar-refractivity contribution in [3.8, 4) is 5.75 Å². The second-order valence-electron chi connectivity index (χ2n) is 2.78. The van der Waals surface area contributed by atoms with Gasteiger partial charge in [0.15, 0.2) is 0 Å². The van der Waals surface area contributed by atoms with Crippen LogP contribution in [-0.4, -0.2) is 19.6 Å². The molecule has 0 aliphatic heterocycles. The van der Waals surface area contributed by atoms with E-state index in [1.165, 1.54) is 7.11 Å². The van der Waals surface area contributed by atoms with E-state index in [1.54, 1.807) is 18.2 Å². The zero-order valence-electron chi connectivity index (χ0n) is 8.33. The molecule has 1 aromatic carbocycles. The summed E-state index contributed by atoms with van der Waals surface area (Å²) in [6, 6.07) is 5.13. The van der Waals surface area contributed by atoms with Crippen molar-refractivity contribution in [2.75, 3.05) is 19.4 Å². The number of benzene rings is 1. The molecule has 4 heteroatoms. The lowest BCUT2D eigenvalue weighted by Gasteiger charge is -2.10. The summed E-state index contributed by atoms with van der Waals surface area (Å²) in [5, 5.41) is 2.68. The molecular formula is C10H14N2O2.